The number of nitrogens with two attached hydrogens (primary N) is 1. The third kappa shape index (κ3) is 2.68. The molecule has 0 aromatic carbocycles. The van der Waals surface area contributed by atoms with Gasteiger partial charge in [0.25, 0.3) is 0 Å². The van der Waals surface area contributed by atoms with E-state index in [1.807, 2.05) is 0 Å². The second kappa shape index (κ2) is 5.56. The van der Waals surface area contributed by atoms with Crippen LogP contribution in [0.1, 0.15) is 24.5 Å². The van der Waals surface area contributed by atoms with Gasteiger partial charge in [0.15, 0.2) is 11.6 Å². The molecule has 0 atom stereocenters. The summed E-state index contributed by atoms with van der Waals surface area (Å²) in [6, 6.07) is 0. The van der Waals surface area contributed by atoms with Gasteiger partial charge in [-0.2, -0.15) is 0 Å². The molecule has 0 aliphatic carbocycles. The maximum absolute atomic E-state index is 8.64. The van der Waals surface area contributed by atoms with Crippen LogP contribution in [0.2, 0.25) is 0 Å². The lowest BCUT2D eigenvalue weighted by Gasteiger charge is -2.01. The summed E-state index contributed by atoms with van der Waals surface area (Å²) in [5, 5.41) is 25.1. The van der Waals surface area contributed by atoms with Crippen LogP contribution < -0.4 is 5.84 Å². The zero-order valence-corrected chi connectivity index (χ0v) is 8.06. The normalized spacial score (nSPS) is 10.7. The number of nitrogen functional groups attached to an aromatic ring is 1. The zero-order valence-electron chi connectivity index (χ0n) is 8.06. The molecule has 14 heavy (non-hydrogen) atoms. The van der Waals surface area contributed by atoms with Crippen LogP contribution >= 0.6 is 0 Å². The first-order valence-electron chi connectivity index (χ1n) is 4.69. The van der Waals surface area contributed by atoms with Crippen molar-refractivity contribution in [3.63, 3.8) is 0 Å². The molecule has 0 amide bonds. The van der Waals surface area contributed by atoms with Crippen LogP contribution in [0.15, 0.2) is 0 Å². The summed E-state index contributed by atoms with van der Waals surface area (Å²) >= 11 is 0. The van der Waals surface area contributed by atoms with Gasteiger partial charge in [0, 0.05) is 26.1 Å². The number of aliphatic hydroxyl groups excluding tert-OH is 2. The second-order valence-corrected chi connectivity index (χ2v) is 3.06. The monoisotopic (exact) mass is 200 g/mol. The van der Waals surface area contributed by atoms with Gasteiger partial charge in [0.05, 0.1) is 0 Å². The highest BCUT2D eigenvalue weighted by molar-refractivity contribution is 4.96. The van der Waals surface area contributed by atoms with E-state index in [9.17, 15) is 0 Å². The van der Waals surface area contributed by atoms with Gasteiger partial charge < -0.3 is 16.1 Å². The largest absolute Gasteiger partial charge is 0.396 e. The lowest BCUT2D eigenvalue weighted by molar-refractivity contribution is 0.286. The highest BCUT2D eigenvalue weighted by atomic mass is 16.3. The summed E-state index contributed by atoms with van der Waals surface area (Å²) < 4.78 is 1.44. The van der Waals surface area contributed by atoms with E-state index in [0.717, 1.165) is 0 Å². The molecule has 0 saturated heterocycles. The van der Waals surface area contributed by atoms with E-state index < -0.39 is 0 Å². The topological polar surface area (TPSA) is 97.2 Å². The Kier molecular flexibility index (Phi) is 4.34. The Bertz CT molecular complexity index is 249. The lowest BCUT2D eigenvalue weighted by atomic mass is 10.3. The predicted molar refractivity (Wildman–Crippen MR) is 51.0 cm³/mol. The molecule has 0 saturated carbocycles. The average molecular weight is 200 g/mol. The maximum atomic E-state index is 8.64. The number of aryl methyl sites for hydroxylation is 2. The second-order valence-electron chi connectivity index (χ2n) is 3.06. The highest BCUT2D eigenvalue weighted by Gasteiger charge is 2.08. The average Bonchev–Trinajstić information content (AvgIpc) is 2.54. The smallest absolute Gasteiger partial charge is 0.151 e. The first-order chi connectivity index (χ1) is 6.79. The predicted octanol–water partition coefficient (Wildman–Crippen LogP) is -1.16. The Labute approximate surface area is 82.3 Å². The van der Waals surface area contributed by atoms with Gasteiger partial charge in [-0.25, -0.2) is 4.68 Å². The summed E-state index contributed by atoms with van der Waals surface area (Å²) in [5.74, 6) is 7.06. The van der Waals surface area contributed by atoms with Crippen molar-refractivity contribution in [3.8, 4) is 0 Å². The fourth-order valence-electron chi connectivity index (χ4n) is 1.18. The van der Waals surface area contributed by atoms with Gasteiger partial charge >= 0.3 is 0 Å². The minimum Gasteiger partial charge on any atom is -0.396 e. The third-order valence-corrected chi connectivity index (χ3v) is 1.95. The number of aliphatic hydroxyl groups is 2. The van der Waals surface area contributed by atoms with Crippen LogP contribution in [0.3, 0.4) is 0 Å². The van der Waals surface area contributed by atoms with Gasteiger partial charge in [0.1, 0.15) is 0 Å². The molecule has 1 aromatic heterocycles. The molecule has 1 heterocycles. The van der Waals surface area contributed by atoms with Crippen molar-refractivity contribution in [2.45, 2.75) is 25.7 Å². The summed E-state index contributed by atoms with van der Waals surface area (Å²) in [5.41, 5.74) is 0. The molecule has 0 spiro atoms. The Hall–Kier alpha value is -1.14. The minimum atomic E-state index is 0.124. The van der Waals surface area contributed by atoms with Crippen LogP contribution in [-0.4, -0.2) is 38.3 Å². The minimum absolute atomic E-state index is 0.124. The molecule has 0 radical (unpaired) electrons. The van der Waals surface area contributed by atoms with E-state index in [2.05, 4.69) is 10.2 Å². The Morgan fingerprint density at radius 2 is 1.43 bits per heavy atom. The number of aromatic nitrogens is 3. The summed E-state index contributed by atoms with van der Waals surface area (Å²) in [4.78, 5) is 0. The maximum Gasteiger partial charge on any atom is 0.151 e. The van der Waals surface area contributed by atoms with Crippen molar-refractivity contribution in [3.05, 3.63) is 11.6 Å². The number of hydrogen-bond acceptors (Lipinski definition) is 5. The lowest BCUT2D eigenvalue weighted by Crippen LogP contribution is -2.17. The Morgan fingerprint density at radius 3 is 1.79 bits per heavy atom. The van der Waals surface area contributed by atoms with Crippen LogP contribution in [0, 0.1) is 0 Å². The van der Waals surface area contributed by atoms with E-state index >= 15 is 0 Å². The van der Waals surface area contributed by atoms with Crippen LogP contribution in [0.25, 0.3) is 0 Å². The van der Waals surface area contributed by atoms with Crippen LogP contribution in [0.4, 0.5) is 0 Å². The Balaban J connectivity index is 2.55. The quantitative estimate of drug-likeness (QED) is 0.503. The van der Waals surface area contributed by atoms with Crippen molar-refractivity contribution < 1.29 is 10.2 Å². The first-order valence-corrected chi connectivity index (χ1v) is 4.69. The van der Waals surface area contributed by atoms with Crippen molar-refractivity contribution >= 4 is 0 Å². The number of hydrogen-bond donors (Lipinski definition) is 3. The molecular weight excluding hydrogens is 184 g/mol. The molecule has 0 aliphatic rings. The fraction of sp³-hybridized carbons (Fsp3) is 0.750. The van der Waals surface area contributed by atoms with E-state index in [1.165, 1.54) is 4.68 Å². The van der Waals surface area contributed by atoms with Crippen molar-refractivity contribution in [1.82, 2.24) is 14.9 Å². The van der Waals surface area contributed by atoms with Gasteiger partial charge in [-0.3, -0.25) is 0 Å². The number of rotatable bonds is 6. The van der Waals surface area contributed by atoms with Gasteiger partial charge in [-0.1, -0.05) is 0 Å². The SMILES string of the molecule is Nn1c(CCCO)nnc1CCCO. The molecule has 0 unspecified atom stereocenters. The molecule has 4 N–H and O–H groups in total. The standard InChI is InChI=1S/C8H16N4O2/c9-12-7(3-1-5-13)10-11-8(12)4-2-6-14/h13-14H,1-6,9H2. The third-order valence-electron chi connectivity index (χ3n) is 1.95. The summed E-state index contributed by atoms with van der Waals surface area (Å²) in [7, 11) is 0. The molecule has 1 rings (SSSR count). The Morgan fingerprint density at radius 1 is 1.00 bits per heavy atom. The highest BCUT2D eigenvalue weighted by Crippen LogP contribution is 2.02. The van der Waals surface area contributed by atoms with E-state index in [-0.39, 0.29) is 13.2 Å². The molecule has 6 nitrogen and oxygen atoms in total. The number of nitrogens with zero attached hydrogens (tertiary/aromatic N) is 3. The van der Waals surface area contributed by atoms with E-state index in [1.54, 1.807) is 0 Å². The van der Waals surface area contributed by atoms with E-state index in [4.69, 9.17) is 16.1 Å². The molecule has 0 aliphatic heterocycles. The fourth-order valence-corrected chi connectivity index (χ4v) is 1.18. The van der Waals surface area contributed by atoms with Gasteiger partial charge in [0.2, 0.25) is 0 Å². The molecule has 0 fully saturated rings. The van der Waals surface area contributed by atoms with Crippen molar-refractivity contribution in [2.24, 2.45) is 0 Å². The van der Waals surface area contributed by atoms with Crippen molar-refractivity contribution in [2.75, 3.05) is 19.1 Å². The molecule has 0 bridgehead atoms. The summed E-state index contributed by atoms with van der Waals surface area (Å²) in [6.07, 6.45) is 2.52. The van der Waals surface area contributed by atoms with Gasteiger partial charge in [-0.15, -0.1) is 10.2 Å². The first kappa shape index (κ1) is 10.9. The van der Waals surface area contributed by atoms with Crippen molar-refractivity contribution in [1.29, 1.82) is 0 Å². The van der Waals surface area contributed by atoms with Gasteiger partial charge in [-0.05, 0) is 12.8 Å². The molecule has 1 aromatic rings. The van der Waals surface area contributed by atoms with Crippen LogP contribution in [-0.2, 0) is 12.8 Å². The van der Waals surface area contributed by atoms with E-state index in [0.29, 0.717) is 37.3 Å². The zero-order chi connectivity index (χ0) is 10.4. The van der Waals surface area contributed by atoms with Crippen LogP contribution in [0.5, 0.6) is 0 Å². The summed E-state index contributed by atoms with van der Waals surface area (Å²) in [6.45, 7) is 0.248. The molecule has 6 heteroatoms. The molecule has 80 valence electrons. The molecular formula is C8H16N4O2.